The van der Waals surface area contributed by atoms with Gasteiger partial charge in [-0.2, -0.15) is 0 Å². The van der Waals surface area contributed by atoms with Crippen LogP contribution in [0.15, 0.2) is 36.4 Å². The van der Waals surface area contributed by atoms with Gasteiger partial charge in [0.15, 0.2) is 11.5 Å². The van der Waals surface area contributed by atoms with Crippen LogP contribution in [-0.2, 0) is 11.3 Å². The van der Waals surface area contributed by atoms with E-state index >= 15 is 0 Å². The normalized spacial score (nSPS) is 14.3. The molecule has 3 rings (SSSR count). The Kier molecular flexibility index (Phi) is 8.25. The van der Waals surface area contributed by atoms with Crippen molar-refractivity contribution >= 4 is 18.3 Å². The predicted octanol–water partition coefficient (Wildman–Crippen LogP) is 3.76. The molecule has 158 valence electrons. The lowest BCUT2D eigenvalue weighted by Gasteiger charge is -2.31. The number of methoxy groups -OCH3 is 2. The Morgan fingerprint density at radius 3 is 2.48 bits per heavy atom. The van der Waals surface area contributed by atoms with E-state index in [0.717, 1.165) is 12.8 Å². The molecule has 1 amide bonds. The van der Waals surface area contributed by atoms with Crippen molar-refractivity contribution in [2.45, 2.75) is 25.5 Å². The van der Waals surface area contributed by atoms with Gasteiger partial charge in [-0.05, 0) is 48.7 Å². The first-order chi connectivity index (χ1) is 13.5. The summed E-state index contributed by atoms with van der Waals surface area (Å²) in [6, 6.07) is 9.28. The van der Waals surface area contributed by atoms with Gasteiger partial charge in [-0.15, -0.1) is 12.4 Å². The van der Waals surface area contributed by atoms with Gasteiger partial charge in [0.1, 0.15) is 11.6 Å². The van der Waals surface area contributed by atoms with E-state index in [4.69, 9.17) is 19.9 Å². The molecule has 0 unspecified atom stereocenters. The van der Waals surface area contributed by atoms with E-state index in [9.17, 15) is 9.18 Å². The Morgan fingerprint density at radius 2 is 1.86 bits per heavy atom. The molecule has 1 heterocycles. The minimum atomic E-state index is -0.440. The summed E-state index contributed by atoms with van der Waals surface area (Å²) < 4.78 is 30.3. The molecule has 0 aromatic heterocycles. The number of nitrogens with zero attached hydrogens (tertiary/aromatic N) is 1. The van der Waals surface area contributed by atoms with Crippen LogP contribution in [0, 0.1) is 5.82 Å². The molecular weight excluding hydrogens is 399 g/mol. The topological polar surface area (TPSA) is 74.0 Å². The van der Waals surface area contributed by atoms with Crippen molar-refractivity contribution in [2.75, 3.05) is 27.3 Å². The van der Waals surface area contributed by atoms with Crippen LogP contribution >= 0.6 is 12.4 Å². The summed E-state index contributed by atoms with van der Waals surface area (Å²) in [6.07, 6.45) is 1.82. The van der Waals surface area contributed by atoms with Crippen LogP contribution in [-0.4, -0.2) is 44.2 Å². The zero-order valence-electron chi connectivity index (χ0n) is 16.5. The zero-order valence-corrected chi connectivity index (χ0v) is 17.3. The van der Waals surface area contributed by atoms with Crippen molar-refractivity contribution in [3.63, 3.8) is 0 Å². The highest BCUT2D eigenvalue weighted by Gasteiger charge is 2.24. The molecule has 0 atom stereocenters. The minimum Gasteiger partial charge on any atom is -0.493 e. The number of rotatable bonds is 6. The number of benzene rings is 2. The summed E-state index contributed by atoms with van der Waals surface area (Å²) in [5.41, 5.74) is 6.70. The average Bonchev–Trinajstić information content (AvgIpc) is 2.72. The van der Waals surface area contributed by atoms with Crippen LogP contribution < -0.4 is 15.2 Å². The third-order valence-electron chi connectivity index (χ3n) is 4.87. The van der Waals surface area contributed by atoms with E-state index in [1.54, 1.807) is 36.3 Å². The highest BCUT2D eigenvalue weighted by atomic mass is 35.5. The number of likely N-dealkylation sites (tertiary alicyclic amines) is 1. The van der Waals surface area contributed by atoms with Crippen molar-refractivity contribution in [3.05, 3.63) is 53.3 Å². The lowest BCUT2D eigenvalue weighted by atomic mass is 10.1. The molecule has 1 aliphatic rings. The van der Waals surface area contributed by atoms with Gasteiger partial charge in [0.2, 0.25) is 0 Å². The van der Waals surface area contributed by atoms with Gasteiger partial charge >= 0.3 is 0 Å². The molecule has 1 saturated heterocycles. The minimum absolute atomic E-state index is 0. The average molecular weight is 425 g/mol. The van der Waals surface area contributed by atoms with E-state index in [-0.39, 0.29) is 31.0 Å². The van der Waals surface area contributed by atoms with Gasteiger partial charge in [0.25, 0.3) is 5.91 Å². The third-order valence-corrected chi connectivity index (χ3v) is 4.87. The maximum absolute atomic E-state index is 13.8. The van der Waals surface area contributed by atoms with E-state index in [1.807, 2.05) is 0 Å². The molecule has 2 aromatic carbocycles. The first-order valence-corrected chi connectivity index (χ1v) is 9.21. The molecule has 2 aromatic rings. The first kappa shape index (κ1) is 22.9. The van der Waals surface area contributed by atoms with Crippen molar-refractivity contribution in [2.24, 2.45) is 5.73 Å². The van der Waals surface area contributed by atoms with Gasteiger partial charge < -0.3 is 24.8 Å². The summed E-state index contributed by atoms with van der Waals surface area (Å²) in [7, 11) is 3.20. The van der Waals surface area contributed by atoms with Crippen molar-refractivity contribution in [3.8, 4) is 17.2 Å². The van der Waals surface area contributed by atoms with Gasteiger partial charge in [0, 0.05) is 38.4 Å². The summed E-state index contributed by atoms with van der Waals surface area (Å²) in [5.74, 6) is 0.570. The number of hydrogen-bond acceptors (Lipinski definition) is 5. The molecule has 1 fully saturated rings. The molecular formula is C21H26ClFN2O4. The fraction of sp³-hybridized carbons (Fsp3) is 0.381. The maximum atomic E-state index is 13.8. The molecule has 0 bridgehead atoms. The van der Waals surface area contributed by atoms with Crippen LogP contribution in [0.5, 0.6) is 17.2 Å². The molecule has 0 saturated carbocycles. The van der Waals surface area contributed by atoms with Crippen molar-refractivity contribution in [1.29, 1.82) is 0 Å². The lowest BCUT2D eigenvalue weighted by molar-refractivity contribution is 0.0350. The van der Waals surface area contributed by atoms with E-state index in [0.29, 0.717) is 41.5 Å². The number of nitrogens with two attached hydrogens (primary N) is 1. The fourth-order valence-electron chi connectivity index (χ4n) is 3.29. The first-order valence-electron chi connectivity index (χ1n) is 9.21. The zero-order chi connectivity index (χ0) is 20.1. The second-order valence-electron chi connectivity index (χ2n) is 6.69. The number of hydrogen-bond donors (Lipinski definition) is 1. The molecule has 8 heteroatoms. The van der Waals surface area contributed by atoms with E-state index in [1.165, 1.54) is 19.2 Å². The van der Waals surface area contributed by atoms with Crippen LogP contribution in [0.1, 0.15) is 28.8 Å². The Balaban J connectivity index is 0.00000300. The number of carbonyl (C=O) groups is 1. The summed E-state index contributed by atoms with van der Waals surface area (Å²) in [4.78, 5) is 14.7. The van der Waals surface area contributed by atoms with E-state index < -0.39 is 5.82 Å². The van der Waals surface area contributed by atoms with Crippen LogP contribution in [0.2, 0.25) is 0 Å². The number of piperidine rings is 1. The number of amides is 1. The lowest BCUT2D eigenvalue weighted by Crippen LogP contribution is -2.40. The summed E-state index contributed by atoms with van der Waals surface area (Å²) >= 11 is 0. The standard InChI is InChI=1S/C21H25FN2O4.ClH/c1-26-17-5-7-24(8-6-17)21(25)15-3-4-19(27-2)20(11-15)28-18-10-14(13-23)9-16(22)12-18;/h3-4,9-12,17H,5-8,13,23H2,1-2H3;1H. The SMILES string of the molecule is COc1ccc(C(=O)N2CCC(OC)CC2)cc1Oc1cc(F)cc(CN)c1.Cl. The Hall–Kier alpha value is -2.35. The third kappa shape index (κ3) is 5.59. The molecule has 0 aliphatic carbocycles. The van der Waals surface area contributed by atoms with Gasteiger partial charge in [0.05, 0.1) is 13.2 Å². The molecule has 6 nitrogen and oxygen atoms in total. The summed E-state index contributed by atoms with van der Waals surface area (Å²) in [5, 5.41) is 0. The van der Waals surface area contributed by atoms with Crippen LogP contribution in [0.3, 0.4) is 0 Å². The summed E-state index contributed by atoms with van der Waals surface area (Å²) in [6.45, 7) is 1.48. The van der Waals surface area contributed by atoms with Crippen molar-refractivity contribution < 1.29 is 23.4 Å². The van der Waals surface area contributed by atoms with Gasteiger partial charge in [-0.1, -0.05) is 0 Å². The number of carbonyl (C=O) groups excluding carboxylic acids is 1. The fourth-order valence-corrected chi connectivity index (χ4v) is 3.29. The highest BCUT2D eigenvalue weighted by molar-refractivity contribution is 5.95. The Labute approximate surface area is 176 Å². The second-order valence-corrected chi connectivity index (χ2v) is 6.69. The van der Waals surface area contributed by atoms with Crippen LogP contribution in [0.4, 0.5) is 4.39 Å². The highest BCUT2D eigenvalue weighted by Crippen LogP contribution is 2.33. The van der Waals surface area contributed by atoms with Crippen LogP contribution in [0.25, 0.3) is 0 Å². The quantitative estimate of drug-likeness (QED) is 0.764. The molecule has 1 aliphatic heterocycles. The van der Waals surface area contributed by atoms with Gasteiger partial charge in [-0.25, -0.2) is 4.39 Å². The molecule has 0 spiro atoms. The number of halogens is 2. The molecule has 29 heavy (non-hydrogen) atoms. The second kappa shape index (κ2) is 10.4. The van der Waals surface area contributed by atoms with Crippen molar-refractivity contribution in [1.82, 2.24) is 4.90 Å². The molecule has 2 N–H and O–H groups in total. The largest absolute Gasteiger partial charge is 0.493 e. The smallest absolute Gasteiger partial charge is 0.253 e. The number of ether oxygens (including phenoxy) is 3. The monoisotopic (exact) mass is 424 g/mol. The van der Waals surface area contributed by atoms with Gasteiger partial charge in [-0.3, -0.25) is 4.79 Å². The predicted molar refractivity (Wildman–Crippen MR) is 111 cm³/mol. The Morgan fingerprint density at radius 1 is 1.14 bits per heavy atom. The Bertz CT molecular complexity index is 841. The maximum Gasteiger partial charge on any atom is 0.253 e. The van der Waals surface area contributed by atoms with E-state index in [2.05, 4.69) is 0 Å². The molecule has 0 radical (unpaired) electrons.